The van der Waals surface area contributed by atoms with Crippen LogP contribution in [0.25, 0.3) is 0 Å². The van der Waals surface area contributed by atoms with Crippen molar-refractivity contribution in [2.45, 2.75) is 6.92 Å². The summed E-state index contributed by atoms with van der Waals surface area (Å²) in [5.74, 6) is -1.14. The van der Waals surface area contributed by atoms with Crippen LogP contribution >= 0.6 is 0 Å². The van der Waals surface area contributed by atoms with E-state index in [2.05, 4.69) is 0 Å². The quantitative estimate of drug-likeness (QED) is 0.805. The Kier molecular flexibility index (Phi) is 2.91. The second kappa shape index (κ2) is 4.37. The highest BCUT2D eigenvalue weighted by Crippen LogP contribution is 2.21. The Morgan fingerprint density at radius 1 is 1.12 bits per heavy atom. The number of hydrogen-bond acceptors (Lipinski definition) is 2. The van der Waals surface area contributed by atoms with Crippen LogP contribution in [0.2, 0.25) is 0 Å². The van der Waals surface area contributed by atoms with Crippen molar-refractivity contribution in [2.24, 2.45) is 0 Å². The molecule has 0 saturated carbocycles. The highest BCUT2D eigenvalue weighted by molar-refractivity contribution is 6.10. The normalized spacial score (nSPS) is 10.2. The third-order valence-electron chi connectivity index (χ3n) is 2.52. The summed E-state index contributed by atoms with van der Waals surface area (Å²) in [5.41, 5.74) is 1.44. The Bertz CT molecular complexity index is 559. The summed E-state index contributed by atoms with van der Waals surface area (Å²) in [6, 6.07) is 10.2. The van der Waals surface area contributed by atoms with E-state index in [1.54, 1.807) is 24.3 Å². The molecule has 2 nitrogen and oxygen atoms in total. The monoisotopic (exact) mass is 230 g/mol. The molecule has 0 bridgehead atoms. The van der Waals surface area contributed by atoms with Gasteiger partial charge in [-0.1, -0.05) is 29.8 Å². The second-order valence-electron chi connectivity index (χ2n) is 3.86. The molecule has 2 aromatic carbocycles. The number of carbonyl (C=O) groups is 1. The van der Waals surface area contributed by atoms with Crippen molar-refractivity contribution in [1.29, 1.82) is 0 Å². The molecule has 0 aliphatic heterocycles. The first-order valence-electron chi connectivity index (χ1n) is 5.18. The van der Waals surface area contributed by atoms with Gasteiger partial charge in [0.25, 0.3) is 0 Å². The minimum Gasteiger partial charge on any atom is -0.507 e. The van der Waals surface area contributed by atoms with E-state index in [9.17, 15) is 14.3 Å². The fraction of sp³-hybridized carbons (Fsp3) is 0.0714. The lowest BCUT2D eigenvalue weighted by molar-refractivity contribution is 0.103. The number of benzene rings is 2. The van der Waals surface area contributed by atoms with Crippen LogP contribution in [0.15, 0.2) is 42.5 Å². The maximum atomic E-state index is 13.0. The Labute approximate surface area is 98.3 Å². The molecule has 0 atom stereocenters. The second-order valence-corrected chi connectivity index (χ2v) is 3.86. The summed E-state index contributed by atoms with van der Waals surface area (Å²) in [6.07, 6.45) is 0. The highest BCUT2D eigenvalue weighted by Gasteiger charge is 2.14. The Balaban J connectivity index is 2.43. The first-order chi connectivity index (χ1) is 8.08. The van der Waals surface area contributed by atoms with Gasteiger partial charge in [0, 0.05) is 5.56 Å². The number of hydrogen-bond donors (Lipinski definition) is 1. The van der Waals surface area contributed by atoms with Gasteiger partial charge in [-0.05, 0) is 25.1 Å². The van der Waals surface area contributed by atoms with Crippen LogP contribution < -0.4 is 0 Å². The van der Waals surface area contributed by atoms with Gasteiger partial charge in [0.1, 0.15) is 11.6 Å². The lowest BCUT2D eigenvalue weighted by atomic mass is 10.0. The summed E-state index contributed by atoms with van der Waals surface area (Å²) in [6.45, 7) is 1.91. The smallest absolute Gasteiger partial charge is 0.196 e. The van der Waals surface area contributed by atoms with Crippen molar-refractivity contribution in [3.63, 3.8) is 0 Å². The largest absolute Gasteiger partial charge is 0.507 e. The number of phenolic OH excluding ortho intramolecular Hbond substituents is 1. The van der Waals surface area contributed by atoms with Crippen molar-refractivity contribution in [3.8, 4) is 5.75 Å². The minimum absolute atomic E-state index is 0.0196. The number of aromatic hydroxyl groups is 1. The zero-order valence-corrected chi connectivity index (χ0v) is 9.27. The van der Waals surface area contributed by atoms with Crippen LogP contribution in [0.4, 0.5) is 4.39 Å². The van der Waals surface area contributed by atoms with Crippen LogP contribution in [-0.2, 0) is 0 Å². The maximum Gasteiger partial charge on any atom is 0.196 e. The number of carbonyl (C=O) groups excluding carboxylic acids is 1. The van der Waals surface area contributed by atoms with Crippen LogP contribution in [0.1, 0.15) is 21.5 Å². The van der Waals surface area contributed by atoms with E-state index in [0.29, 0.717) is 5.56 Å². The van der Waals surface area contributed by atoms with E-state index < -0.39 is 5.82 Å². The third kappa shape index (κ3) is 2.33. The molecule has 0 spiro atoms. The molecule has 0 aliphatic carbocycles. The van der Waals surface area contributed by atoms with Crippen molar-refractivity contribution >= 4 is 5.78 Å². The molecule has 0 radical (unpaired) electrons. The van der Waals surface area contributed by atoms with E-state index in [4.69, 9.17) is 0 Å². The molecule has 0 unspecified atom stereocenters. The predicted octanol–water partition coefficient (Wildman–Crippen LogP) is 3.07. The van der Waals surface area contributed by atoms with Crippen LogP contribution in [0.3, 0.4) is 0 Å². The van der Waals surface area contributed by atoms with E-state index in [1.165, 1.54) is 6.07 Å². The number of ketones is 1. The average molecular weight is 230 g/mol. The molecule has 0 fully saturated rings. The van der Waals surface area contributed by atoms with Crippen molar-refractivity contribution in [1.82, 2.24) is 0 Å². The summed E-state index contributed by atoms with van der Waals surface area (Å²) in [4.78, 5) is 12.0. The standard InChI is InChI=1S/C14H11FO2/c1-9-2-4-10(5-3-9)14(17)12-8-11(15)6-7-13(12)16/h2-8,16H,1H3. The fourth-order valence-corrected chi connectivity index (χ4v) is 1.55. The maximum absolute atomic E-state index is 13.0. The molecule has 0 amide bonds. The zero-order chi connectivity index (χ0) is 12.4. The van der Waals surface area contributed by atoms with Gasteiger partial charge in [0.2, 0.25) is 0 Å². The molecular weight excluding hydrogens is 219 g/mol. The van der Waals surface area contributed by atoms with Gasteiger partial charge in [0.05, 0.1) is 5.56 Å². The van der Waals surface area contributed by atoms with Crippen molar-refractivity contribution in [3.05, 3.63) is 65.0 Å². The molecular formula is C14H11FO2. The summed E-state index contributed by atoms with van der Waals surface area (Å²) in [7, 11) is 0. The molecule has 0 aromatic heterocycles. The van der Waals surface area contributed by atoms with E-state index in [0.717, 1.165) is 17.7 Å². The Morgan fingerprint density at radius 2 is 1.76 bits per heavy atom. The number of halogens is 1. The van der Waals surface area contributed by atoms with Gasteiger partial charge in [-0.3, -0.25) is 4.79 Å². The number of rotatable bonds is 2. The van der Waals surface area contributed by atoms with Crippen molar-refractivity contribution < 1.29 is 14.3 Å². The number of aryl methyl sites for hydroxylation is 1. The predicted molar refractivity (Wildman–Crippen MR) is 62.7 cm³/mol. The molecule has 86 valence electrons. The van der Waals surface area contributed by atoms with E-state index >= 15 is 0 Å². The van der Waals surface area contributed by atoms with Gasteiger partial charge in [-0.2, -0.15) is 0 Å². The Morgan fingerprint density at radius 3 is 2.41 bits per heavy atom. The molecule has 0 aliphatic rings. The lowest BCUT2D eigenvalue weighted by Crippen LogP contribution is -2.02. The molecule has 0 heterocycles. The Hall–Kier alpha value is -2.16. The van der Waals surface area contributed by atoms with Crippen LogP contribution in [0.5, 0.6) is 5.75 Å². The van der Waals surface area contributed by atoms with Gasteiger partial charge in [0.15, 0.2) is 5.78 Å². The molecule has 3 heteroatoms. The molecule has 0 saturated heterocycles. The topological polar surface area (TPSA) is 37.3 Å². The third-order valence-corrected chi connectivity index (χ3v) is 2.52. The van der Waals surface area contributed by atoms with Crippen molar-refractivity contribution in [2.75, 3.05) is 0 Å². The average Bonchev–Trinajstić information content (AvgIpc) is 2.32. The van der Waals surface area contributed by atoms with E-state index in [1.807, 2.05) is 6.92 Å². The summed E-state index contributed by atoms with van der Waals surface area (Å²) in [5, 5.41) is 9.53. The van der Waals surface area contributed by atoms with Gasteiger partial charge in [-0.25, -0.2) is 4.39 Å². The number of phenols is 1. The molecule has 1 N–H and O–H groups in total. The summed E-state index contributed by atoms with van der Waals surface area (Å²) >= 11 is 0. The molecule has 2 aromatic rings. The van der Waals surface area contributed by atoms with Crippen LogP contribution in [0, 0.1) is 12.7 Å². The molecule has 2 rings (SSSR count). The highest BCUT2D eigenvalue weighted by atomic mass is 19.1. The zero-order valence-electron chi connectivity index (χ0n) is 9.27. The first-order valence-corrected chi connectivity index (χ1v) is 5.18. The first kappa shape index (κ1) is 11.3. The molecule has 17 heavy (non-hydrogen) atoms. The summed E-state index contributed by atoms with van der Waals surface area (Å²) < 4.78 is 13.0. The van der Waals surface area contributed by atoms with E-state index in [-0.39, 0.29) is 17.1 Å². The van der Waals surface area contributed by atoms with Gasteiger partial charge < -0.3 is 5.11 Å². The van der Waals surface area contributed by atoms with Crippen LogP contribution in [-0.4, -0.2) is 10.9 Å². The SMILES string of the molecule is Cc1ccc(C(=O)c2cc(F)ccc2O)cc1. The fourth-order valence-electron chi connectivity index (χ4n) is 1.55. The van der Waals surface area contributed by atoms with Gasteiger partial charge >= 0.3 is 0 Å². The lowest BCUT2D eigenvalue weighted by Gasteiger charge is -2.04. The van der Waals surface area contributed by atoms with Gasteiger partial charge in [-0.15, -0.1) is 0 Å². The minimum atomic E-state index is -0.543.